The molecule has 2 aliphatic rings. The van der Waals surface area contributed by atoms with Gasteiger partial charge in [-0.25, -0.2) is 4.98 Å². The molecule has 5 rings (SSSR count). The van der Waals surface area contributed by atoms with Crippen molar-refractivity contribution < 1.29 is 0 Å². The van der Waals surface area contributed by atoms with Crippen LogP contribution in [0.3, 0.4) is 0 Å². The Balaban J connectivity index is 1.46. The van der Waals surface area contributed by atoms with Gasteiger partial charge < -0.3 is 10.2 Å². The van der Waals surface area contributed by atoms with E-state index in [9.17, 15) is 0 Å². The van der Waals surface area contributed by atoms with E-state index in [0.717, 1.165) is 47.7 Å². The lowest BCUT2D eigenvalue weighted by atomic mass is 10.1. The maximum Gasteiger partial charge on any atom is 0.225 e. The van der Waals surface area contributed by atoms with Gasteiger partial charge in [0.2, 0.25) is 5.28 Å². The number of hydrogen-bond donors (Lipinski definition) is 1. The predicted octanol–water partition coefficient (Wildman–Crippen LogP) is 5.57. The molecule has 0 atom stereocenters. The van der Waals surface area contributed by atoms with E-state index in [0.29, 0.717) is 5.28 Å². The lowest BCUT2D eigenvalue weighted by molar-refractivity contribution is 0.578. The quantitative estimate of drug-likeness (QED) is 0.599. The number of nitrogens with one attached hydrogen (secondary N) is 1. The molecule has 0 radical (unpaired) electrons. The normalized spacial score (nSPS) is 16.9. The fraction of sp³-hybridized carbons (Fsp3) is 0.400. The van der Waals surface area contributed by atoms with E-state index >= 15 is 0 Å². The second-order valence-corrected chi connectivity index (χ2v) is 8.52. The van der Waals surface area contributed by atoms with E-state index in [1.165, 1.54) is 41.8 Å². The molecule has 0 bridgehead atoms. The third-order valence-electron chi connectivity index (χ3n) is 5.39. The number of halogens is 1. The molecule has 3 aromatic rings. The smallest absolute Gasteiger partial charge is 0.225 e. The van der Waals surface area contributed by atoms with Crippen LogP contribution >= 0.6 is 22.9 Å². The minimum Gasteiger partial charge on any atom is -0.372 e. The van der Waals surface area contributed by atoms with Gasteiger partial charge in [-0.2, -0.15) is 4.98 Å². The van der Waals surface area contributed by atoms with Crippen LogP contribution in [0.5, 0.6) is 0 Å². The molecule has 26 heavy (non-hydrogen) atoms. The zero-order valence-corrected chi connectivity index (χ0v) is 16.2. The van der Waals surface area contributed by atoms with Gasteiger partial charge >= 0.3 is 0 Å². The second-order valence-electron chi connectivity index (χ2n) is 7.10. The maximum absolute atomic E-state index is 6.18. The Labute approximate surface area is 162 Å². The summed E-state index contributed by atoms with van der Waals surface area (Å²) in [4.78, 5) is 13.9. The fourth-order valence-electron chi connectivity index (χ4n) is 4.10. The minimum atomic E-state index is 0.310. The SMILES string of the molecule is Clc1nc(Nc2ccc(N3CCCCC3)cc2)c2c3c(sc2n1)CCC3. The van der Waals surface area contributed by atoms with Gasteiger partial charge in [0.05, 0.1) is 5.39 Å². The summed E-state index contributed by atoms with van der Waals surface area (Å²) in [5.74, 6) is 0.838. The van der Waals surface area contributed by atoms with E-state index in [4.69, 9.17) is 11.6 Å². The highest BCUT2D eigenvalue weighted by atomic mass is 35.5. The van der Waals surface area contributed by atoms with E-state index in [1.807, 2.05) is 0 Å². The van der Waals surface area contributed by atoms with Crippen LogP contribution in [0.15, 0.2) is 24.3 Å². The van der Waals surface area contributed by atoms with Crippen LogP contribution in [0.1, 0.15) is 36.1 Å². The largest absolute Gasteiger partial charge is 0.372 e. The molecule has 0 amide bonds. The van der Waals surface area contributed by atoms with Gasteiger partial charge in [0.25, 0.3) is 0 Å². The number of thiophene rings is 1. The Morgan fingerprint density at radius 2 is 1.77 bits per heavy atom. The van der Waals surface area contributed by atoms with Crippen molar-refractivity contribution in [2.45, 2.75) is 38.5 Å². The Morgan fingerprint density at radius 1 is 0.962 bits per heavy atom. The topological polar surface area (TPSA) is 41.1 Å². The average molecular weight is 385 g/mol. The van der Waals surface area contributed by atoms with Crippen LogP contribution in [0, 0.1) is 0 Å². The molecule has 2 aromatic heterocycles. The van der Waals surface area contributed by atoms with E-state index in [2.05, 4.69) is 44.5 Å². The summed E-state index contributed by atoms with van der Waals surface area (Å²) >= 11 is 7.94. The van der Waals surface area contributed by atoms with Crippen LogP contribution < -0.4 is 10.2 Å². The van der Waals surface area contributed by atoms with Gasteiger partial charge in [0, 0.05) is 29.3 Å². The van der Waals surface area contributed by atoms with Crippen molar-refractivity contribution in [1.29, 1.82) is 0 Å². The van der Waals surface area contributed by atoms with E-state index < -0.39 is 0 Å². The van der Waals surface area contributed by atoms with Crippen molar-refractivity contribution in [1.82, 2.24) is 9.97 Å². The van der Waals surface area contributed by atoms with Gasteiger partial charge in [-0.15, -0.1) is 11.3 Å². The summed E-state index contributed by atoms with van der Waals surface area (Å²) in [5, 5.41) is 4.96. The van der Waals surface area contributed by atoms with Gasteiger partial charge in [0.1, 0.15) is 10.6 Å². The Morgan fingerprint density at radius 3 is 2.58 bits per heavy atom. The number of rotatable bonds is 3. The van der Waals surface area contributed by atoms with Crippen molar-refractivity contribution in [2.75, 3.05) is 23.3 Å². The number of fused-ring (bicyclic) bond motifs is 3. The lowest BCUT2D eigenvalue weighted by Crippen LogP contribution is -2.29. The highest BCUT2D eigenvalue weighted by Gasteiger charge is 2.22. The van der Waals surface area contributed by atoms with Gasteiger partial charge in [0.15, 0.2) is 0 Å². The molecule has 4 nitrogen and oxygen atoms in total. The number of piperidine rings is 1. The maximum atomic E-state index is 6.18. The number of benzene rings is 1. The molecule has 3 heterocycles. The molecule has 1 saturated heterocycles. The predicted molar refractivity (Wildman–Crippen MR) is 110 cm³/mol. The van der Waals surface area contributed by atoms with Crippen LogP contribution in [0.4, 0.5) is 17.2 Å². The van der Waals surface area contributed by atoms with Crippen molar-refractivity contribution in [2.24, 2.45) is 0 Å². The van der Waals surface area contributed by atoms with Gasteiger partial charge in [-0.3, -0.25) is 0 Å². The summed E-state index contributed by atoms with van der Waals surface area (Å²) in [7, 11) is 0. The van der Waals surface area contributed by atoms with Crippen LogP contribution in [0.2, 0.25) is 5.28 Å². The number of hydrogen-bond acceptors (Lipinski definition) is 5. The first kappa shape index (κ1) is 16.3. The Hall–Kier alpha value is -1.85. The Bertz CT molecular complexity index is 945. The minimum absolute atomic E-state index is 0.310. The highest BCUT2D eigenvalue weighted by molar-refractivity contribution is 7.19. The van der Waals surface area contributed by atoms with Crippen molar-refractivity contribution in [3.8, 4) is 0 Å². The monoisotopic (exact) mass is 384 g/mol. The van der Waals surface area contributed by atoms with Crippen LogP contribution in [0.25, 0.3) is 10.2 Å². The first-order chi connectivity index (χ1) is 12.8. The fourth-order valence-corrected chi connectivity index (χ4v) is 5.58. The highest BCUT2D eigenvalue weighted by Crippen LogP contribution is 2.40. The molecule has 1 N–H and O–H groups in total. The second kappa shape index (κ2) is 6.71. The molecule has 1 aromatic carbocycles. The van der Waals surface area contributed by atoms with Crippen LogP contribution in [-0.4, -0.2) is 23.1 Å². The summed E-state index contributed by atoms with van der Waals surface area (Å²) in [5.41, 5.74) is 3.76. The molecule has 0 spiro atoms. The number of anilines is 3. The summed E-state index contributed by atoms with van der Waals surface area (Å²) in [6, 6.07) is 8.67. The third-order valence-corrected chi connectivity index (χ3v) is 6.74. The standard InChI is InChI=1S/C20H21ClN4S/c21-20-23-18(17-15-5-4-6-16(15)26-19(17)24-20)22-13-7-9-14(10-8-13)25-11-2-1-3-12-25/h7-10H,1-6,11-12H2,(H,22,23,24). The van der Waals surface area contributed by atoms with E-state index in [-0.39, 0.29) is 0 Å². The summed E-state index contributed by atoms with van der Waals surface area (Å²) < 4.78 is 0. The van der Waals surface area contributed by atoms with Crippen molar-refractivity contribution >= 4 is 50.3 Å². The van der Waals surface area contributed by atoms with Crippen LogP contribution in [-0.2, 0) is 12.8 Å². The number of aryl methyl sites for hydroxylation is 2. The summed E-state index contributed by atoms with van der Waals surface area (Å²) in [6.45, 7) is 2.33. The number of aromatic nitrogens is 2. The summed E-state index contributed by atoms with van der Waals surface area (Å²) in [6.07, 6.45) is 7.43. The average Bonchev–Trinajstić information content (AvgIpc) is 3.23. The molecule has 0 saturated carbocycles. The molecule has 6 heteroatoms. The number of nitrogens with zero attached hydrogens (tertiary/aromatic N) is 3. The zero-order valence-electron chi connectivity index (χ0n) is 14.6. The van der Waals surface area contributed by atoms with Crippen molar-refractivity contribution in [3.63, 3.8) is 0 Å². The molecule has 0 unspecified atom stereocenters. The van der Waals surface area contributed by atoms with Crippen molar-refractivity contribution in [3.05, 3.63) is 40.0 Å². The molecule has 134 valence electrons. The first-order valence-electron chi connectivity index (χ1n) is 9.38. The zero-order chi connectivity index (χ0) is 17.5. The first-order valence-corrected chi connectivity index (χ1v) is 10.6. The van der Waals surface area contributed by atoms with Gasteiger partial charge in [-0.1, -0.05) is 0 Å². The molecular weight excluding hydrogens is 364 g/mol. The molecule has 1 fully saturated rings. The molecule has 1 aliphatic heterocycles. The third kappa shape index (κ3) is 2.93. The Kier molecular flexibility index (Phi) is 4.21. The lowest BCUT2D eigenvalue weighted by Gasteiger charge is -2.28. The molecular formula is C20H21ClN4S. The van der Waals surface area contributed by atoms with E-state index in [1.54, 1.807) is 11.3 Å². The molecule has 1 aliphatic carbocycles. The van der Waals surface area contributed by atoms with Gasteiger partial charge in [-0.05, 0) is 80.0 Å².